The quantitative estimate of drug-likeness (QED) is 0.679. The number of anilines is 1. The van der Waals surface area contributed by atoms with Crippen LogP contribution >= 0.6 is 0 Å². The largest absolute Gasteiger partial charge is 0.523 e. The molecular formula is C9H5F6NO2. The Labute approximate surface area is 96.3 Å². The topological polar surface area (TPSA) is 38.3 Å². The Morgan fingerprint density at radius 2 is 1.67 bits per heavy atom. The van der Waals surface area contributed by atoms with Crippen molar-refractivity contribution in [1.29, 1.82) is 0 Å². The number of halogens is 6. The van der Waals surface area contributed by atoms with Gasteiger partial charge in [-0.15, -0.1) is 13.2 Å². The average Bonchev–Trinajstić information content (AvgIpc) is 2.22. The van der Waals surface area contributed by atoms with Crippen LogP contribution in [0.1, 0.15) is 0 Å². The summed E-state index contributed by atoms with van der Waals surface area (Å²) in [5, 5.41) is 1.71. The van der Waals surface area contributed by atoms with E-state index >= 15 is 0 Å². The maximum absolute atomic E-state index is 12.7. The molecular weight excluding hydrogens is 268 g/mol. The van der Waals surface area contributed by atoms with Crippen LogP contribution in [0.2, 0.25) is 0 Å². The zero-order valence-corrected chi connectivity index (χ0v) is 8.45. The highest BCUT2D eigenvalue weighted by Gasteiger charge is 2.30. The summed E-state index contributed by atoms with van der Waals surface area (Å²) in [5.41, 5.74) is -0.526. The Kier molecular flexibility index (Phi) is 4.17. The van der Waals surface area contributed by atoms with Gasteiger partial charge in [-0.2, -0.15) is 0 Å². The van der Waals surface area contributed by atoms with Gasteiger partial charge in [0.05, 0.1) is 0 Å². The van der Waals surface area contributed by atoms with Crippen molar-refractivity contribution in [3.8, 4) is 0 Å². The summed E-state index contributed by atoms with van der Waals surface area (Å²) in [7, 11) is 0. The number of amides is 1. The Bertz CT molecular complexity index is 436. The molecule has 0 aliphatic heterocycles. The molecule has 0 heterocycles. The molecule has 100 valence electrons. The van der Waals surface area contributed by atoms with E-state index in [0.29, 0.717) is 12.1 Å². The third-order valence-corrected chi connectivity index (χ3v) is 1.63. The van der Waals surface area contributed by atoms with Crippen LogP contribution in [-0.4, -0.2) is 18.9 Å². The van der Waals surface area contributed by atoms with Gasteiger partial charge in [0, 0.05) is 17.8 Å². The fraction of sp³-hybridized carbons (Fsp3) is 0.222. The Morgan fingerprint density at radius 3 is 2.11 bits per heavy atom. The van der Waals surface area contributed by atoms with E-state index in [1.54, 1.807) is 5.32 Å². The summed E-state index contributed by atoms with van der Waals surface area (Å²) in [5.74, 6) is -6.21. The normalized spacial score (nSPS) is 11.4. The first-order chi connectivity index (χ1) is 8.19. The molecule has 0 saturated carbocycles. The van der Waals surface area contributed by atoms with E-state index in [4.69, 9.17) is 0 Å². The van der Waals surface area contributed by atoms with Crippen molar-refractivity contribution < 1.29 is 35.9 Å². The fourth-order valence-electron chi connectivity index (χ4n) is 0.972. The summed E-state index contributed by atoms with van der Waals surface area (Å²) in [4.78, 5) is 10.9. The predicted octanol–water partition coefficient (Wildman–Crippen LogP) is 2.58. The minimum Gasteiger partial charge on any atom is -0.324 e. The van der Waals surface area contributed by atoms with Gasteiger partial charge in [-0.05, 0) is 0 Å². The third kappa shape index (κ3) is 4.24. The van der Waals surface area contributed by atoms with Crippen LogP contribution in [-0.2, 0) is 9.53 Å². The van der Waals surface area contributed by atoms with E-state index < -0.39 is 42.0 Å². The lowest BCUT2D eigenvalue weighted by Crippen LogP contribution is -2.24. The summed E-state index contributed by atoms with van der Waals surface area (Å²) in [6.07, 6.45) is -5.00. The number of carbonyl (C=O) groups excluding carboxylic acids is 1. The number of carbonyl (C=O) groups is 1. The number of nitrogens with one attached hydrogen (secondary N) is 1. The van der Waals surface area contributed by atoms with Crippen LogP contribution in [0.4, 0.5) is 32.0 Å². The molecule has 0 radical (unpaired) electrons. The van der Waals surface area contributed by atoms with E-state index in [2.05, 4.69) is 4.74 Å². The van der Waals surface area contributed by atoms with Crippen molar-refractivity contribution in [2.75, 3.05) is 11.9 Å². The SMILES string of the molecule is O=C(COC(F)(F)F)Nc1cc(F)c(F)c(F)c1. The molecule has 1 rings (SSSR count). The molecule has 18 heavy (non-hydrogen) atoms. The molecule has 0 unspecified atom stereocenters. The zero-order chi connectivity index (χ0) is 13.9. The molecule has 0 aliphatic rings. The summed E-state index contributed by atoms with van der Waals surface area (Å²) >= 11 is 0. The maximum Gasteiger partial charge on any atom is 0.523 e. The molecule has 0 aromatic heterocycles. The highest BCUT2D eigenvalue weighted by Crippen LogP contribution is 2.18. The Hall–Kier alpha value is -1.77. The van der Waals surface area contributed by atoms with Gasteiger partial charge in [0.1, 0.15) is 6.61 Å². The van der Waals surface area contributed by atoms with Crippen molar-refractivity contribution in [3.63, 3.8) is 0 Å². The van der Waals surface area contributed by atoms with Crippen molar-refractivity contribution >= 4 is 11.6 Å². The molecule has 1 amide bonds. The summed E-state index contributed by atoms with van der Waals surface area (Å²) in [6, 6.07) is 0.841. The molecule has 1 aromatic carbocycles. The van der Waals surface area contributed by atoms with Crippen molar-refractivity contribution in [3.05, 3.63) is 29.6 Å². The zero-order valence-electron chi connectivity index (χ0n) is 8.45. The molecule has 0 fully saturated rings. The van der Waals surface area contributed by atoms with Gasteiger partial charge in [-0.25, -0.2) is 13.2 Å². The van der Waals surface area contributed by atoms with E-state index in [1.807, 2.05) is 0 Å². The molecule has 1 aromatic rings. The molecule has 0 atom stereocenters. The first-order valence-electron chi connectivity index (χ1n) is 4.34. The van der Waals surface area contributed by atoms with E-state index in [-0.39, 0.29) is 0 Å². The lowest BCUT2D eigenvalue weighted by Gasteiger charge is -2.08. The predicted molar refractivity (Wildman–Crippen MR) is 47.0 cm³/mol. The molecule has 0 aliphatic carbocycles. The molecule has 0 bridgehead atoms. The number of hydrogen-bond acceptors (Lipinski definition) is 2. The molecule has 0 saturated heterocycles. The van der Waals surface area contributed by atoms with E-state index in [9.17, 15) is 31.1 Å². The van der Waals surface area contributed by atoms with E-state index in [0.717, 1.165) is 0 Å². The van der Waals surface area contributed by atoms with Crippen LogP contribution in [0.25, 0.3) is 0 Å². The average molecular weight is 273 g/mol. The van der Waals surface area contributed by atoms with Crippen LogP contribution in [0.5, 0.6) is 0 Å². The van der Waals surface area contributed by atoms with Crippen LogP contribution in [0.3, 0.4) is 0 Å². The molecule has 1 N–H and O–H groups in total. The number of benzene rings is 1. The first kappa shape index (κ1) is 14.3. The summed E-state index contributed by atoms with van der Waals surface area (Å²) < 4.78 is 75.8. The maximum atomic E-state index is 12.7. The van der Waals surface area contributed by atoms with Gasteiger partial charge in [-0.3, -0.25) is 9.53 Å². The van der Waals surface area contributed by atoms with Gasteiger partial charge in [-0.1, -0.05) is 0 Å². The highest BCUT2D eigenvalue weighted by molar-refractivity contribution is 5.91. The first-order valence-corrected chi connectivity index (χ1v) is 4.34. The Balaban J connectivity index is 2.65. The van der Waals surface area contributed by atoms with Gasteiger partial charge >= 0.3 is 6.36 Å². The Morgan fingerprint density at radius 1 is 1.17 bits per heavy atom. The lowest BCUT2D eigenvalue weighted by atomic mass is 10.3. The standard InChI is InChI=1S/C9H5F6NO2/c10-5-1-4(2-6(11)8(5)12)16-7(17)3-18-9(13,14)15/h1-2H,3H2,(H,16,17). The second-order valence-electron chi connectivity index (χ2n) is 3.04. The fourth-order valence-corrected chi connectivity index (χ4v) is 0.972. The van der Waals surface area contributed by atoms with Crippen LogP contribution < -0.4 is 5.32 Å². The van der Waals surface area contributed by atoms with Crippen molar-refractivity contribution in [1.82, 2.24) is 0 Å². The monoisotopic (exact) mass is 273 g/mol. The smallest absolute Gasteiger partial charge is 0.324 e. The number of ether oxygens (including phenoxy) is 1. The van der Waals surface area contributed by atoms with Gasteiger partial charge in [0.15, 0.2) is 17.5 Å². The molecule has 3 nitrogen and oxygen atoms in total. The highest BCUT2D eigenvalue weighted by atomic mass is 19.4. The van der Waals surface area contributed by atoms with Gasteiger partial charge in [0.25, 0.3) is 5.91 Å². The van der Waals surface area contributed by atoms with E-state index in [1.165, 1.54) is 0 Å². The molecule has 0 spiro atoms. The molecule has 9 heteroatoms. The number of hydrogen-bond donors (Lipinski definition) is 1. The van der Waals surface area contributed by atoms with Crippen molar-refractivity contribution in [2.24, 2.45) is 0 Å². The van der Waals surface area contributed by atoms with Gasteiger partial charge < -0.3 is 5.32 Å². The summed E-state index contributed by atoms with van der Waals surface area (Å²) in [6.45, 7) is -1.38. The van der Waals surface area contributed by atoms with Gasteiger partial charge in [0.2, 0.25) is 0 Å². The minimum atomic E-state index is -5.00. The van der Waals surface area contributed by atoms with Crippen LogP contribution in [0.15, 0.2) is 12.1 Å². The number of rotatable bonds is 3. The van der Waals surface area contributed by atoms with Crippen molar-refractivity contribution in [2.45, 2.75) is 6.36 Å². The second-order valence-corrected chi connectivity index (χ2v) is 3.04. The third-order valence-electron chi connectivity index (χ3n) is 1.63. The van der Waals surface area contributed by atoms with Crippen LogP contribution in [0, 0.1) is 17.5 Å². The second kappa shape index (κ2) is 5.25. The lowest BCUT2D eigenvalue weighted by molar-refractivity contribution is -0.320. The number of alkyl halides is 3. The minimum absolute atomic E-state index is 0.421.